The zero-order valence-electron chi connectivity index (χ0n) is 10.5. The molecule has 2 aromatic rings. The van der Waals surface area contributed by atoms with Crippen molar-refractivity contribution < 1.29 is 5.11 Å². The van der Waals surface area contributed by atoms with E-state index < -0.39 is 6.10 Å². The van der Waals surface area contributed by atoms with E-state index in [1.165, 1.54) is 4.88 Å². The number of aliphatic hydroxyl groups excluding tert-OH is 1. The van der Waals surface area contributed by atoms with Gasteiger partial charge in [-0.3, -0.25) is 0 Å². The second-order valence-electron chi connectivity index (χ2n) is 4.31. The lowest BCUT2D eigenvalue weighted by atomic mass is 10.1. The van der Waals surface area contributed by atoms with Gasteiger partial charge in [-0.1, -0.05) is 43.3 Å². The van der Waals surface area contributed by atoms with Crippen LogP contribution in [0.1, 0.15) is 35.9 Å². The molecule has 2 nitrogen and oxygen atoms in total. The van der Waals surface area contributed by atoms with E-state index in [1.807, 2.05) is 30.3 Å². The number of aliphatic hydroxyl groups is 1. The van der Waals surface area contributed by atoms with Gasteiger partial charge >= 0.3 is 0 Å². The Bertz CT molecular complexity index is 441. The van der Waals surface area contributed by atoms with Crippen molar-refractivity contribution >= 4 is 11.3 Å². The lowest BCUT2D eigenvalue weighted by Gasteiger charge is -2.18. The topological polar surface area (TPSA) is 32.3 Å². The van der Waals surface area contributed by atoms with Crippen molar-refractivity contribution in [1.29, 1.82) is 0 Å². The summed E-state index contributed by atoms with van der Waals surface area (Å²) in [6, 6.07) is 14.3. The summed E-state index contributed by atoms with van der Waals surface area (Å²) in [4.78, 5) is 1.33. The van der Waals surface area contributed by atoms with Crippen molar-refractivity contribution in [2.24, 2.45) is 0 Å². The molecule has 3 heteroatoms. The van der Waals surface area contributed by atoms with Gasteiger partial charge in [-0.15, -0.1) is 11.3 Å². The molecule has 96 valence electrons. The number of rotatable bonds is 6. The van der Waals surface area contributed by atoms with E-state index in [0.29, 0.717) is 12.6 Å². The third-order valence-electron chi connectivity index (χ3n) is 3.04. The highest BCUT2D eigenvalue weighted by Gasteiger charge is 2.12. The summed E-state index contributed by atoms with van der Waals surface area (Å²) in [6.45, 7) is 2.74. The molecule has 2 unspecified atom stereocenters. The van der Waals surface area contributed by atoms with Crippen molar-refractivity contribution in [1.82, 2.24) is 5.32 Å². The zero-order valence-corrected chi connectivity index (χ0v) is 11.4. The molecule has 1 aromatic heterocycles. The number of thiophene rings is 1. The fraction of sp³-hybridized carbons (Fsp3) is 0.333. The molecule has 0 aliphatic rings. The number of hydrogen-bond acceptors (Lipinski definition) is 3. The van der Waals surface area contributed by atoms with Crippen LogP contribution in [0.3, 0.4) is 0 Å². The van der Waals surface area contributed by atoms with Crippen molar-refractivity contribution in [3.63, 3.8) is 0 Å². The maximum absolute atomic E-state index is 10.1. The van der Waals surface area contributed by atoms with Crippen LogP contribution < -0.4 is 5.32 Å². The van der Waals surface area contributed by atoms with Crippen molar-refractivity contribution in [3.8, 4) is 0 Å². The highest BCUT2D eigenvalue weighted by atomic mass is 32.1. The molecule has 0 spiro atoms. The molecule has 0 saturated heterocycles. The second kappa shape index (κ2) is 6.69. The normalized spacial score (nSPS) is 14.3. The fourth-order valence-corrected chi connectivity index (χ4v) is 2.87. The number of hydrogen-bond donors (Lipinski definition) is 2. The first-order chi connectivity index (χ1) is 8.81. The lowest BCUT2D eigenvalue weighted by molar-refractivity contribution is 0.169. The minimum Gasteiger partial charge on any atom is -0.387 e. The minimum atomic E-state index is -0.444. The third-order valence-corrected chi connectivity index (χ3v) is 4.02. The molecule has 0 bridgehead atoms. The van der Waals surface area contributed by atoms with Gasteiger partial charge in [-0.25, -0.2) is 0 Å². The fourth-order valence-electron chi connectivity index (χ4n) is 1.98. The van der Waals surface area contributed by atoms with E-state index in [-0.39, 0.29) is 0 Å². The number of nitrogens with one attached hydrogen (secondary N) is 1. The molecular weight excluding hydrogens is 242 g/mol. The first kappa shape index (κ1) is 13.3. The summed E-state index contributed by atoms with van der Waals surface area (Å²) in [6.07, 6.45) is 0.586. The molecule has 1 heterocycles. The summed E-state index contributed by atoms with van der Waals surface area (Å²) in [7, 11) is 0. The quantitative estimate of drug-likeness (QED) is 0.834. The summed E-state index contributed by atoms with van der Waals surface area (Å²) < 4.78 is 0. The zero-order chi connectivity index (χ0) is 12.8. The molecule has 0 aliphatic carbocycles. The van der Waals surface area contributed by atoms with Gasteiger partial charge in [0.15, 0.2) is 0 Å². The van der Waals surface area contributed by atoms with Gasteiger partial charge in [-0.05, 0) is 23.4 Å². The first-order valence-corrected chi connectivity index (χ1v) is 7.19. The maximum atomic E-state index is 10.1. The van der Waals surface area contributed by atoms with Crippen molar-refractivity contribution in [2.75, 3.05) is 6.54 Å². The van der Waals surface area contributed by atoms with Crippen LogP contribution in [0.4, 0.5) is 0 Å². The molecule has 2 N–H and O–H groups in total. The Balaban J connectivity index is 1.91. The van der Waals surface area contributed by atoms with Gasteiger partial charge in [0, 0.05) is 17.5 Å². The number of benzene rings is 1. The molecule has 0 fully saturated rings. The van der Waals surface area contributed by atoms with Crippen LogP contribution in [-0.4, -0.2) is 11.7 Å². The van der Waals surface area contributed by atoms with Crippen LogP contribution in [0.5, 0.6) is 0 Å². The van der Waals surface area contributed by atoms with Crippen LogP contribution in [0.15, 0.2) is 47.8 Å². The predicted octanol–water partition coefficient (Wildman–Crippen LogP) is 3.52. The molecule has 0 radical (unpaired) electrons. The van der Waals surface area contributed by atoms with Gasteiger partial charge in [-0.2, -0.15) is 0 Å². The molecule has 2 atom stereocenters. The van der Waals surface area contributed by atoms with E-state index in [2.05, 4.69) is 29.8 Å². The highest BCUT2D eigenvalue weighted by molar-refractivity contribution is 7.10. The predicted molar refractivity (Wildman–Crippen MR) is 76.8 cm³/mol. The van der Waals surface area contributed by atoms with Crippen LogP contribution in [-0.2, 0) is 0 Å². The molecule has 18 heavy (non-hydrogen) atoms. The van der Waals surface area contributed by atoms with Crippen molar-refractivity contribution in [3.05, 3.63) is 58.3 Å². The average molecular weight is 261 g/mol. The van der Waals surface area contributed by atoms with Crippen LogP contribution in [0.25, 0.3) is 0 Å². The van der Waals surface area contributed by atoms with Gasteiger partial charge in [0.05, 0.1) is 6.10 Å². The Labute approximate surface area is 112 Å². The smallest absolute Gasteiger partial charge is 0.0914 e. The summed E-state index contributed by atoms with van der Waals surface area (Å²) in [5, 5.41) is 15.6. The Morgan fingerprint density at radius 1 is 1.17 bits per heavy atom. The Kier molecular flexibility index (Phi) is 4.93. The van der Waals surface area contributed by atoms with Crippen LogP contribution in [0.2, 0.25) is 0 Å². The lowest BCUT2D eigenvalue weighted by Crippen LogP contribution is -2.25. The average Bonchev–Trinajstić information content (AvgIpc) is 2.94. The Morgan fingerprint density at radius 2 is 1.94 bits per heavy atom. The van der Waals surface area contributed by atoms with E-state index in [0.717, 1.165) is 12.0 Å². The Hall–Kier alpha value is -1.16. The first-order valence-electron chi connectivity index (χ1n) is 6.31. The van der Waals surface area contributed by atoms with E-state index in [1.54, 1.807) is 11.3 Å². The summed E-state index contributed by atoms with van der Waals surface area (Å²) in [5.74, 6) is 0. The molecular formula is C15H19NOS. The second-order valence-corrected chi connectivity index (χ2v) is 5.29. The maximum Gasteiger partial charge on any atom is 0.0914 e. The minimum absolute atomic E-state index is 0.336. The van der Waals surface area contributed by atoms with E-state index in [4.69, 9.17) is 0 Å². The molecule has 1 aromatic carbocycles. The molecule has 0 aliphatic heterocycles. The van der Waals surface area contributed by atoms with Crippen molar-refractivity contribution in [2.45, 2.75) is 25.5 Å². The molecule has 2 rings (SSSR count). The summed E-state index contributed by atoms with van der Waals surface area (Å²) >= 11 is 1.76. The van der Waals surface area contributed by atoms with E-state index in [9.17, 15) is 5.11 Å². The molecule has 0 saturated carbocycles. The van der Waals surface area contributed by atoms with Gasteiger partial charge in [0.1, 0.15) is 0 Å². The van der Waals surface area contributed by atoms with Crippen LogP contribution in [0, 0.1) is 0 Å². The Morgan fingerprint density at radius 3 is 2.56 bits per heavy atom. The molecule has 0 amide bonds. The van der Waals surface area contributed by atoms with Crippen LogP contribution >= 0.6 is 11.3 Å². The SMILES string of the molecule is CCC(NCC(O)c1ccccc1)c1cccs1. The highest BCUT2D eigenvalue weighted by Crippen LogP contribution is 2.22. The standard InChI is InChI=1S/C15H19NOS/c1-2-13(15-9-6-10-18-15)16-11-14(17)12-7-4-3-5-8-12/h3-10,13-14,16-17H,2,11H2,1H3. The van der Waals surface area contributed by atoms with Gasteiger partial charge in [0.2, 0.25) is 0 Å². The van der Waals surface area contributed by atoms with Gasteiger partial charge < -0.3 is 10.4 Å². The summed E-state index contributed by atoms with van der Waals surface area (Å²) in [5.41, 5.74) is 0.964. The van der Waals surface area contributed by atoms with Gasteiger partial charge in [0.25, 0.3) is 0 Å². The largest absolute Gasteiger partial charge is 0.387 e. The monoisotopic (exact) mass is 261 g/mol. The third kappa shape index (κ3) is 3.42. The van der Waals surface area contributed by atoms with E-state index >= 15 is 0 Å².